The van der Waals surface area contributed by atoms with E-state index in [9.17, 15) is 4.79 Å². The van der Waals surface area contributed by atoms with Gasteiger partial charge in [0.15, 0.2) is 0 Å². The molecule has 28 heavy (non-hydrogen) atoms. The number of ketones is 1. The Balaban J connectivity index is 1.31. The molecule has 2 N–H and O–H groups in total. The fourth-order valence-electron chi connectivity index (χ4n) is 7.72. The van der Waals surface area contributed by atoms with E-state index in [2.05, 4.69) is 19.9 Å². The summed E-state index contributed by atoms with van der Waals surface area (Å²) in [6.45, 7) is 4.04. The second-order valence-electron chi connectivity index (χ2n) is 10.1. The lowest BCUT2D eigenvalue weighted by Crippen LogP contribution is -2.42. The zero-order valence-electron chi connectivity index (χ0n) is 16.8. The normalized spacial score (nSPS) is 41.9. The van der Waals surface area contributed by atoms with E-state index in [1.807, 2.05) is 26.2 Å². The summed E-state index contributed by atoms with van der Waals surface area (Å²) in [7, 11) is 0. The molecule has 0 radical (unpaired) electrons. The smallest absolute Gasteiger partial charge is 0.139 e. The van der Waals surface area contributed by atoms with Crippen molar-refractivity contribution in [2.75, 3.05) is 0 Å². The van der Waals surface area contributed by atoms with E-state index in [4.69, 9.17) is 0 Å². The van der Waals surface area contributed by atoms with Crippen molar-refractivity contribution in [1.29, 1.82) is 0 Å². The van der Waals surface area contributed by atoms with Crippen molar-refractivity contribution in [3.05, 3.63) is 35.4 Å². The maximum atomic E-state index is 13.6. The molecule has 0 aromatic carbocycles. The summed E-state index contributed by atoms with van der Waals surface area (Å²) in [6, 6.07) is 0. The molecule has 148 valence electrons. The Bertz CT molecular complexity index is 841. The summed E-state index contributed by atoms with van der Waals surface area (Å²) < 4.78 is 0. The minimum absolute atomic E-state index is 0.285. The summed E-state index contributed by atoms with van der Waals surface area (Å²) in [4.78, 5) is 29.4. The molecular weight excluding hydrogens is 348 g/mol. The predicted octanol–water partition coefficient (Wildman–Crippen LogP) is 4.28. The number of imidazole rings is 2. The largest absolute Gasteiger partial charge is 0.346 e. The molecule has 5 nitrogen and oxygen atoms in total. The molecule has 0 aliphatic heterocycles. The van der Waals surface area contributed by atoms with Crippen LogP contribution in [0.15, 0.2) is 12.4 Å². The number of hydrogen-bond donors (Lipinski definition) is 2. The van der Waals surface area contributed by atoms with E-state index in [1.165, 1.54) is 37.1 Å². The Morgan fingerprint density at radius 3 is 1.64 bits per heavy atom. The van der Waals surface area contributed by atoms with E-state index in [0.717, 1.165) is 36.3 Å². The van der Waals surface area contributed by atoms with E-state index in [0.29, 0.717) is 29.5 Å². The molecule has 8 unspecified atom stereocenters. The summed E-state index contributed by atoms with van der Waals surface area (Å²) >= 11 is 0. The summed E-state index contributed by atoms with van der Waals surface area (Å²) in [5, 5.41) is 0. The number of Topliss-reactive ketones (excluding diaryl/α,β-unsaturated/α-hetero) is 1. The van der Waals surface area contributed by atoms with Gasteiger partial charge in [-0.3, -0.25) is 4.79 Å². The van der Waals surface area contributed by atoms with Crippen LogP contribution in [-0.4, -0.2) is 25.7 Å². The number of hydrogen-bond acceptors (Lipinski definition) is 3. The van der Waals surface area contributed by atoms with Crippen LogP contribution in [-0.2, 0) is 4.79 Å². The molecule has 8 atom stereocenters. The Morgan fingerprint density at radius 2 is 1.25 bits per heavy atom. The van der Waals surface area contributed by atoms with Gasteiger partial charge in [0.05, 0.1) is 0 Å². The van der Waals surface area contributed by atoms with Gasteiger partial charge in [-0.1, -0.05) is 0 Å². The number of carbonyl (C=O) groups excluding carboxylic acids is 1. The molecule has 4 aliphatic rings. The highest BCUT2D eigenvalue weighted by Gasteiger charge is 2.60. The molecule has 2 aromatic rings. The second-order valence-corrected chi connectivity index (χ2v) is 10.1. The van der Waals surface area contributed by atoms with Crippen molar-refractivity contribution in [3.63, 3.8) is 0 Å². The molecule has 0 spiro atoms. The van der Waals surface area contributed by atoms with Gasteiger partial charge in [-0.25, -0.2) is 9.97 Å². The van der Waals surface area contributed by atoms with Gasteiger partial charge in [0.1, 0.15) is 17.4 Å². The first-order valence-corrected chi connectivity index (χ1v) is 11.1. The van der Waals surface area contributed by atoms with E-state index >= 15 is 0 Å². The molecule has 0 amide bonds. The van der Waals surface area contributed by atoms with Gasteiger partial charge in [0.25, 0.3) is 0 Å². The Kier molecular flexibility index (Phi) is 3.67. The van der Waals surface area contributed by atoms with Gasteiger partial charge < -0.3 is 9.97 Å². The van der Waals surface area contributed by atoms with Crippen molar-refractivity contribution in [3.8, 4) is 0 Å². The minimum Gasteiger partial charge on any atom is -0.346 e. The molecule has 4 aliphatic carbocycles. The predicted molar refractivity (Wildman–Crippen MR) is 106 cm³/mol. The monoisotopic (exact) mass is 378 g/mol. The van der Waals surface area contributed by atoms with Crippen molar-refractivity contribution >= 4 is 5.78 Å². The summed E-state index contributed by atoms with van der Waals surface area (Å²) in [5.74, 6) is 6.88. The molecule has 0 bridgehead atoms. The third-order valence-corrected chi connectivity index (χ3v) is 8.68. The fraction of sp³-hybridized carbons (Fsp3) is 0.696. The fourth-order valence-corrected chi connectivity index (χ4v) is 7.72. The first-order chi connectivity index (χ1) is 13.6. The summed E-state index contributed by atoms with van der Waals surface area (Å²) in [5.41, 5.74) is 2.51. The minimum atomic E-state index is 0.285. The van der Waals surface area contributed by atoms with Gasteiger partial charge in [-0.2, -0.15) is 0 Å². The van der Waals surface area contributed by atoms with Crippen molar-refractivity contribution < 1.29 is 4.79 Å². The maximum absolute atomic E-state index is 13.6. The van der Waals surface area contributed by atoms with Crippen LogP contribution >= 0.6 is 0 Å². The van der Waals surface area contributed by atoms with Crippen LogP contribution in [0.3, 0.4) is 0 Å². The number of nitrogens with zero attached hydrogens (tertiary/aromatic N) is 2. The van der Waals surface area contributed by atoms with Crippen LogP contribution in [0.1, 0.15) is 73.4 Å². The molecule has 6 rings (SSSR count). The zero-order valence-corrected chi connectivity index (χ0v) is 16.8. The number of aryl methyl sites for hydroxylation is 2. The Morgan fingerprint density at radius 1 is 0.786 bits per heavy atom. The standard InChI is InChI=1S/C23H30N4O/c1-11-24-9-19(26-11)15-5-13-3-4-14-6-16(20-10-25-12(2)27-20)8-18-22(14)21(13)17(7-15)23(18)28/h9-10,13-18,21-22H,3-8H2,1-2H3,(H,24,26)(H,25,27). The average Bonchev–Trinajstić information content (AvgIpc) is 3.39. The highest BCUT2D eigenvalue weighted by Crippen LogP contribution is 2.64. The molecular formula is C23H30N4O. The van der Waals surface area contributed by atoms with E-state index < -0.39 is 0 Å². The van der Waals surface area contributed by atoms with Crippen LogP contribution in [0.2, 0.25) is 0 Å². The lowest BCUT2D eigenvalue weighted by atomic mass is 9.55. The van der Waals surface area contributed by atoms with Crippen LogP contribution in [0.4, 0.5) is 0 Å². The summed E-state index contributed by atoms with van der Waals surface area (Å²) in [6.07, 6.45) is 11.2. The highest BCUT2D eigenvalue weighted by molar-refractivity contribution is 5.87. The quantitative estimate of drug-likeness (QED) is 0.819. The van der Waals surface area contributed by atoms with Crippen LogP contribution in [0, 0.1) is 49.4 Å². The lowest BCUT2D eigenvalue weighted by Gasteiger charge is -2.49. The SMILES string of the molecule is Cc1ncc(C2CC3CCC4CC(c5cnc(C)[nH]5)CC5C(=O)C(C2)C3C45)[nH]1. The second kappa shape index (κ2) is 6.04. The van der Waals surface area contributed by atoms with Gasteiger partial charge >= 0.3 is 0 Å². The van der Waals surface area contributed by atoms with Gasteiger partial charge in [-0.15, -0.1) is 0 Å². The van der Waals surface area contributed by atoms with Crippen molar-refractivity contribution in [2.24, 2.45) is 35.5 Å². The first-order valence-electron chi connectivity index (χ1n) is 11.1. The van der Waals surface area contributed by atoms with Crippen LogP contribution in [0.25, 0.3) is 0 Å². The molecule has 2 heterocycles. The topological polar surface area (TPSA) is 74.4 Å². The number of aromatic amines is 2. The van der Waals surface area contributed by atoms with Crippen molar-refractivity contribution in [1.82, 2.24) is 19.9 Å². The zero-order chi connectivity index (χ0) is 19.0. The molecule has 2 aromatic heterocycles. The molecule has 0 saturated heterocycles. The first kappa shape index (κ1) is 17.0. The maximum Gasteiger partial charge on any atom is 0.139 e. The number of rotatable bonds is 2. The van der Waals surface area contributed by atoms with Gasteiger partial charge in [-0.05, 0) is 76.0 Å². The van der Waals surface area contributed by atoms with E-state index in [-0.39, 0.29) is 11.8 Å². The lowest BCUT2D eigenvalue weighted by molar-refractivity contribution is -0.126. The van der Waals surface area contributed by atoms with Gasteiger partial charge in [0, 0.05) is 47.5 Å². The van der Waals surface area contributed by atoms with Crippen molar-refractivity contribution in [2.45, 2.75) is 64.2 Å². The number of carbonyl (C=O) groups is 1. The van der Waals surface area contributed by atoms with Crippen LogP contribution < -0.4 is 0 Å². The highest BCUT2D eigenvalue weighted by atomic mass is 16.1. The number of H-pyrrole nitrogens is 2. The molecule has 4 saturated carbocycles. The molecule has 4 fully saturated rings. The molecule has 5 heteroatoms. The third kappa shape index (κ3) is 2.40. The van der Waals surface area contributed by atoms with Gasteiger partial charge in [0.2, 0.25) is 0 Å². The average molecular weight is 379 g/mol. The van der Waals surface area contributed by atoms with E-state index in [1.54, 1.807) is 0 Å². The third-order valence-electron chi connectivity index (χ3n) is 8.68. The number of nitrogens with one attached hydrogen (secondary N) is 2. The Labute approximate surface area is 166 Å². The Hall–Kier alpha value is -1.91. The number of aromatic nitrogens is 4. The van der Waals surface area contributed by atoms with Crippen LogP contribution in [0.5, 0.6) is 0 Å².